The van der Waals surface area contributed by atoms with E-state index in [9.17, 15) is 10.1 Å². The Morgan fingerprint density at radius 2 is 1.90 bits per heavy atom. The van der Waals surface area contributed by atoms with Gasteiger partial charge in [-0.05, 0) is 29.3 Å². The second kappa shape index (κ2) is 6.40. The van der Waals surface area contributed by atoms with Gasteiger partial charge in [0.05, 0.1) is 11.5 Å². The second-order valence-corrected chi connectivity index (χ2v) is 5.28. The first kappa shape index (κ1) is 14.4. The molecule has 0 unspecified atom stereocenters. The number of thioether (sulfide) groups is 1. The number of non-ortho nitro benzene ring substituents is 1. The van der Waals surface area contributed by atoms with Gasteiger partial charge in [0.25, 0.3) is 5.69 Å². The van der Waals surface area contributed by atoms with Crippen molar-refractivity contribution in [2.45, 2.75) is 17.3 Å². The molecule has 0 bridgehead atoms. The van der Waals surface area contributed by atoms with E-state index in [2.05, 4.69) is 0 Å². The van der Waals surface area contributed by atoms with Crippen LogP contribution >= 0.6 is 11.8 Å². The highest BCUT2D eigenvalue weighted by Crippen LogP contribution is 2.28. The SMILES string of the molecule is Nc1ccc([N+](=O)[O-])cc1CSc1ccc(CO)cc1. The molecule has 3 N–H and O–H groups in total. The largest absolute Gasteiger partial charge is 0.398 e. The number of nitro benzene ring substituents is 1. The maximum Gasteiger partial charge on any atom is 0.269 e. The van der Waals surface area contributed by atoms with Crippen LogP contribution in [0.5, 0.6) is 0 Å². The molecule has 104 valence electrons. The number of nitrogen functional groups attached to an aromatic ring is 1. The molecule has 0 aromatic heterocycles. The Labute approximate surface area is 120 Å². The van der Waals surface area contributed by atoms with Gasteiger partial charge in [-0.15, -0.1) is 11.8 Å². The summed E-state index contributed by atoms with van der Waals surface area (Å²) in [6.45, 7) is 0.0166. The average Bonchev–Trinajstić information content (AvgIpc) is 2.46. The Morgan fingerprint density at radius 1 is 1.20 bits per heavy atom. The van der Waals surface area contributed by atoms with Crippen LogP contribution < -0.4 is 5.73 Å². The summed E-state index contributed by atoms with van der Waals surface area (Å²) < 4.78 is 0. The summed E-state index contributed by atoms with van der Waals surface area (Å²) in [4.78, 5) is 11.3. The molecule has 0 heterocycles. The number of nitro groups is 1. The standard InChI is InChI=1S/C14H14N2O3S/c15-14-6-3-12(16(18)19)7-11(14)9-20-13-4-1-10(8-17)2-5-13/h1-7,17H,8-9,15H2. The highest BCUT2D eigenvalue weighted by Gasteiger charge is 2.09. The van der Waals surface area contributed by atoms with E-state index in [1.165, 1.54) is 12.1 Å². The van der Waals surface area contributed by atoms with Crippen LogP contribution in [0.2, 0.25) is 0 Å². The molecule has 0 fully saturated rings. The van der Waals surface area contributed by atoms with Crippen molar-refractivity contribution in [1.82, 2.24) is 0 Å². The summed E-state index contributed by atoms with van der Waals surface area (Å²) in [7, 11) is 0. The van der Waals surface area contributed by atoms with E-state index in [1.807, 2.05) is 24.3 Å². The highest BCUT2D eigenvalue weighted by molar-refractivity contribution is 7.98. The number of benzene rings is 2. The summed E-state index contributed by atoms with van der Waals surface area (Å²) in [5.74, 6) is 0.561. The van der Waals surface area contributed by atoms with Gasteiger partial charge in [0.2, 0.25) is 0 Å². The molecule has 0 aliphatic heterocycles. The Morgan fingerprint density at radius 3 is 2.50 bits per heavy atom. The maximum atomic E-state index is 10.7. The predicted molar refractivity (Wildman–Crippen MR) is 79.4 cm³/mol. The Bertz CT molecular complexity index is 614. The number of hydrogen-bond acceptors (Lipinski definition) is 5. The maximum absolute atomic E-state index is 10.7. The van der Waals surface area contributed by atoms with E-state index < -0.39 is 4.92 Å². The number of hydrogen-bond donors (Lipinski definition) is 2. The lowest BCUT2D eigenvalue weighted by molar-refractivity contribution is -0.384. The molecular weight excluding hydrogens is 276 g/mol. The van der Waals surface area contributed by atoms with Gasteiger partial charge < -0.3 is 10.8 Å². The van der Waals surface area contributed by atoms with Crippen molar-refractivity contribution in [3.63, 3.8) is 0 Å². The van der Waals surface area contributed by atoms with Crippen LogP contribution in [0.1, 0.15) is 11.1 Å². The van der Waals surface area contributed by atoms with Crippen molar-refractivity contribution in [3.8, 4) is 0 Å². The lowest BCUT2D eigenvalue weighted by Gasteiger charge is -2.06. The van der Waals surface area contributed by atoms with E-state index >= 15 is 0 Å². The fraction of sp³-hybridized carbons (Fsp3) is 0.143. The number of anilines is 1. The third-order valence-corrected chi connectivity index (χ3v) is 3.90. The first-order valence-corrected chi connectivity index (χ1v) is 6.94. The Hall–Kier alpha value is -2.05. The molecule has 0 saturated carbocycles. The molecule has 0 aliphatic carbocycles. The van der Waals surface area contributed by atoms with Gasteiger partial charge in [0.1, 0.15) is 0 Å². The molecule has 0 spiro atoms. The molecule has 0 amide bonds. The number of nitrogens with zero attached hydrogens (tertiary/aromatic N) is 1. The number of aliphatic hydroxyl groups excluding tert-OH is 1. The van der Waals surface area contributed by atoms with Gasteiger partial charge >= 0.3 is 0 Å². The molecule has 0 radical (unpaired) electrons. The molecule has 6 heteroatoms. The van der Waals surface area contributed by atoms with Gasteiger partial charge in [-0.1, -0.05) is 12.1 Å². The average molecular weight is 290 g/mol. The van der Waals surface area contributed by atoms with Crippen molar-refractivity contribution in [2.24, 2.45) is 0 Å². The number of aliphatic hydroxyl groups is 1. The van der Waals surface area contributed by atoms with Gasteiger partial charge in [-0.3, -0.25) is 10.1 Å². The molecule has 2 aromatic rings. The number of nitrogens with two attached hydrogens (primary N) is 1. The van der Waals surface area contributed by atoms with Crippen LogP contribution in [0, 0.1) is 10.1 Å². The van der Waals surface area contributed by atoms with Crippen molar-refractivity contribution in [1.29, 1.82) is 0 Å². The highest BCUT2D eigenvalue weighted by atomic mass is 32.2. The minimum absolute atomic E-state index is 0.0166. The zero-order valence-electron chi connectivity index (χ0n) is 10.7. The molecular formula is C14H14N2O3S. The molecule has 0 aliphatic rings. The van der Waals surface area contributed by atoms with Crippen molar-refractivity contribution in [2.75, 3.05) is 5.73 Å². The summed E-state index contributed by atoms with van der Waals surface area (Å²) in [6.07, 6.45) is 0. The topological polar surface area (TPSA) is 89.4 Å². The van der Waals surface area contributed by atoms with Crippen LogP contribution in [-0.2, 0) is 12.4 Å². The number of rotatable bonds is 5. The van der Waals surface area contributed by atoms with Crippen molar-refractivity contribution < 1.29 is 10.0 Å². The summed E-state index contributed by atoms with van der Waals surface area (Å²) in [6, 6.07) is 12.0. The molecule has 0 saturated heterocycles. The van der Waals surface area contributed by atoms with Crippen molar-refractivity contribution in [3.05, 3.63) is 63.7 Å². The lowest BCUT2D eigenvalue weighted by Crippen LogP contribution is -1.95. The zero-order valence-corrected chi connectivity index (χ0v) is 11.5. The first-order chi connectivity index (χ1) is 9.60. The van der Waals surface area contributed by atoms with Gasteiger partial charge in [0.15, 0.2) is 0 Å². The second-order valence-electron chi connectivity index (χ2n) is 4.23. The zero-order chi connectivity index (χ0) is 14.5. The van der Waals surface area contributed by atoms with Crippen LogP contribution in [0.25, 0.3) is 0 Å². The molecule has 20 heavy (non-hydrogen) atoms. The van der Waals surface area contributed by atoms with E-state index in [0.717, 1.165) is 16.0 Å². The van der Waals surface area contributed by atoms with Gasteiger partial charge in [0, 0.05) is 28.5 Å². The van der Waals surface area contributed by atoms with E-state index in [4.69, 9.17) is 10.8 Å². The molecule has 0 atom stereocenters. The molecule has 2 rings (SSSR count). The predicted octanol–water partition coefficient (Wildman–Crippen LogP) is 2.96. The van der Waals surface area contributed by atoms with E-state index in [-0.39, 0.29) is 12.3 Å². The minimum atomic E-state index is -0.427. The van der Waals surface area contributed by atoms with Crippen molar-refractivity contribution >= 4 is 23.1 Å². The fourth-order valence-electron chi connectivity index (χ4n) is 1.68. The third kappa shape index (κ3) is 3.49. The molecule has 2 aromatic carbocycles. The monoisotopic (exact) mass is 290 g/mol. The third-order valence-electron chi connectivity index (χ3n) is 2.84. The van der Waals surface area contributed by atoms with E-state index in [1.54, 1.807) is 17.8 Å². The van der Waals surface area contributed by atoms with Gasteiger partial charge in [-0.25, -0.2) is 0 Å². The summed E-state index contributed by atoms with van der Waals surface area (Å²) in [5, 5.41) is 19.7. The smallest absolute Gasteiger partial charge is 0.269 e. The van der Waals surface area contributed by atoms with Crippen LogP contribution in [0.3, 0.4) is 0 Å². The van der Waals surface area contributed by atoms with Gasteiger partial charge in [-0.2, -0.15) is 0 Å². The Balaban J connectivity index is 2.09. The lowest BCUT2D eigenvalue weighted by atomic mass is 10.2. The normalized spacial score (nSPS) is 10.4. The minimum Gasteiger partial charge on any atom is -0.398 e. The van der Waals surface area contributed by atoms with Crippen LogP contribution in [0.4, 0.5) is 11.4 Å². The van der Waals surface area contributed by atoms with E-state index in [0.29, 0.717) is 11.4 Å². The Kier molecular flexibility index (Phi) is 4.60. The first-order valence-electron chi connectivity index (χ1n) is 5.95. The van der Waals surface area contributed by atoms with Crippen LogP contribution in [-0.4, -0.2) is 10.0 Å². The van der Waals surface area contributed by atoms with Crippen LogP contribution in [0.15, 0.2) is 47.4 Å². The molecule has 5 nitrogen and oxygen atoms in total. The summed E-state index contributed by atoms with van der Waals surface area (Å²) >= 11 is 1.54. The summed E-state index contributed by atoms with van der Waals surface area (Å²) in [5.41, 5.74) is 8.02. The fourth-order valence-corrected chi connectivity index (χ4v) is 2.58. The quantitative estimate of drug-likeness (QED) is 0.382.